The van der Waals surface area contributed by atoms with Gasteiger partial charge in [0.25, 0.3) is 0 Å². The average molecular weight is 381 g/mol. The fourth-order valence-corrected chi connectivity index (χ4v) is 4.55. The molecule has 0 N–H and O–H groups in total. The lowest BCUT2D eigenvalue weighted by atomic mass is 9.80. The first-order chi connectivity index (χ1) is 15.2. The smallest absolute Gasteiger partial charge is 0.213 e. The molecule has 29 heavy (non-hydrogen) atoms. The van der Waals surface area contributed by atoms with Gasteiger partial charge in [0.1, 0.15) is 7.05 Å². The van der Waals surface area contributed by atoms with Crippen LogP contribution in [0, 0.1) is 6.92 Å². The third-order valence-corrected chi connectivity index (χ3v) is 6.00. The Morgan fingerprint density at radius 2 is 1.76 bits per heavy atom. The highest BCUT2D eigenvalue weighted by atomic mass is 14.9. The predicted molar refractivity (Wildman–Crippen MR) is 119 cm³/mol. The molecule has 5 rings (SSSR count). The quantitative estimate of drug-likeness (QED) is 0.398. The van der Waals surface area contributed by atoms with Gasteiger partial charge in [-0.15, -0.1) is 0 Å². The van der Waals surface area contributed by atoms with Crippen LogP contribution in [0.15, 0.2) is 79.1 Å². The zero-order valence-electron chi connectivity index (χ0n) is 19.9. The first kappa shape index (κ1) is 14.7. The van der Waals surface area contributed by atoms with Gasteiger partial charge in [-0.2, -0.15) is 0 Å². The third-order valence-electron chi connectivity index (χ3n) is 6.00. The Labute approximate surface area is 176 Å². The Bertz CT molecular complexity index is 1340. The van der Waals surface area contributed by atoms with Crippen molar-refractivity contribution in [3.8, 4) is 33.5 Å². The van der Waals surface area contributed by atoms with Crippen molar-refractivity contribution < 1.29 is 8.68 Å². The van der Waals surface area contributed by atoms with Gasteiger partial charge in [0, 0.05) is 33.4 Å². The van der Waals surface area contributed by atoms with E-state index in [1.165, 1.54) is 0 Å². The van der Waals surface area contributed by atoms with Crippen LogP contribution >= 0.6 is 0 Å². The summed E-state index contributed by atoms with van der Waals surface area (Å²) in [5.41, 5.74) is 7.37. The number of aromatic nitrogens is 2. The first-order valence-corrected chi connectivity index (χ1v) is 9.89. The molecule has 0 bridgehead atoms. The van der Waals surface area contributed by atoms with E-state index >= 15 is 0 Å². The van der Waals surface area contributed by atoms with Gasteiger partial charge in [-0.3, -0.25) is 4.98 Å². The van der Waals surface area contributed by atoms with Gasteiger partial charge < -0.3 is 0 Å². The molecule has 1 aliphatic carbocycles. The Balaban J connectivity index is 1.85. The minimum atomic E-state index is -2.25. The number of fused-ring (bicyclic) bond motifs is 3. The zero-order valence-corrected chi connectivity index (χ0v) is 16.9. The van der Waals surface area contributed by atoms with Crippen LogP contribution < -0.4 is 4.57 Å². The summed E-state index contributed by atoms with van der Waals surface area (Å²) in [5, 5.41) is 0. The van der Waals surface area contributed by atoms with Crippen molar-refractivity contribution in [1.82, 2.24) is 4.98 Å². The lowest BCUT2D eigenvalue weighted by molar-refractivity contribution is -0.660. The fourth-order valence-electron chi connectivity index (χ4n) is 4.55. The van der Waals surface area contributed by atoms with Crippen molar-refractivity contribution >= 4 is 0 Å². The Morgan fingerprint density at radius 3 is 2.55 bits per heavy atom. The predicted octanol–water partition coefficient (Wildman–Crippen LogP) is 5.85. The Hall–Kier alpha value is -3.26. The van der Waals surface area contributed by atoms with E-state index in [-0.39, 0.29) is 0 Å². The second-order valence-corrected chi connectivity index (χ2v) is 7.98. The van der Waals surface area contributed by atoms with Crippen LogP contribution in [-0.4, -0.2) is 4.98 Å². The van der Waals surface area contributed by atoms with E-state index < -0.39 is 12.3 Å². The minimum absolute atomic E-state index is 0.628. The van der Waals surface area contributed by atoms with Gasteiger partial charge in [0.05, 0.1) is 11.3 Å². The number of aryl methyl sites for hydroxylation is 2. The molecule has 2 heterocycles. The summed E-state index contributed by atoms with van der Waals surface area (Å²) < 4.78 is 27.7. The fraction of sp³-hybridized carbons (Fsp3) is 0.185. The molecular weight excluding hydrogens is 352 g/mol. The normalized spacial score (nSPS) is 19.1. The lowest BCUT2D eigenvalue weighted by Gasteiger charge is -2.23. The second-order valence-electron chi connectivity index (χ2n) is 7.98. The molecule has 0 aliphatic heterocycles. The SMILES string of the molecule is [2H]C([2H])([2H])C1(C)c2ncccc2-c2ccc(C)c(-c3cc(-c4ccccc4)cc[n+]3C)c21. The van der Waals surface area contributed by atoms with E-state index in [2.05, 4.69) is 46.8 Å². The average Bonchev–Trinajstić information content (AvgIpc) is 3.05. The van der Waals surface area contributed by atoms with Crippen molar-refractivity contribution in [1.29, 1.82) is 0 Å². The molecule has 1 aliphatic rings. The summed E-state index contributed by atoms with van der Waals surface area (Å²) in [6, 6.07) is 22.5. The maximum Gasteiger partial charge on any atom is 0.213 e. The number of benzene rings is 2. The van der Waals surface area contributed by atoms with E-state index in [0.29, 0.717) is 5.69 Å². The molecule has 2 aromatic carbocycles. The summed E-state index contributed by atoms with van der Waals surface area (Å²) in [6.07, 6.45) is 3.74. The third kappa shape index (κ3) is 2.63. The molecule has 0 saturated heterocycles. The molecule has 2 aromatic heterocycles. The molecule has 0 radical (unpaired) electrons. The monoisotopic (exact) mass is 380 g/mol. The molecule has 142 valence electrons. The van der Waals surface area contributed by atoms with Crippen molar-refractivity contribution in [2.45, 2.75) is 26.1 Å². The van der Waals surface area contributed by atoms with Gasteiger partial charge in [0.2, 0.25) is 5.69 Å². The summed E-state index contributed by atoms with van der Waals surface area (Å²) in [4.78, 5) is 4.58. The number of nitrogens with zero attached hydrogens (tertiary/aromatic N) is 2. The van der Waals surface area contributed by atoms with E-state index in [4.69, 9.17) is 4.11 Å². The minimum Gasteiger partial charge on any atom is -0.260 e. The highest BCUT2D eigenvalue weighted by Crippen LogP contribution is 2.51. The molecule has 4 aromatic rings. The largest absolute Gasteiger partial charge is 0.260 e. The van der Waals surface area contributed by atoms with Crippen molar-refractivity contribution in [2.75, 3.05) is 0 Å². The summed E-state index contributed by atoms with van der Waals surface area (Å²) in [6.45, 7) is 1.63. The summed E-state index contributed by atoms with van der Waals surface area (Å²) >= 11 is 0. The van der Waals surface area contributed by atoms with Crippen LogP contribution in [0.5, 0.6) is 0 Å². The van der Waals surface area contributed by atoms with Crippen molar-refractivity contribution in [3.63, 3.8) is 0 Å². The maximum atomic E-state index is 8.53. The standard InChI is InChI=1S/C27H25N2/c1-18-12-13-21-22-11-8-15-28-26(22)27(2,3)25(21)24(18)23-17-20(14-16-29(23)4)19-9-6-5-7-10-19/h5-17H,1-4H3/q+1/i2D3. The number of pyridine rings is 2. The van der Waals surface area contributed by atoms with Crippen molar-refractivity contribution in [2.24, 2.45) is 7.05 Å². The lowest BCUT2D eigenvalue weighted by Crippen LogP contribution is -2.32. The summed E-state index contributed by atoms with van der Waals surface area (Å²) in [5.74, 6) is 0. The molecule has 0 amide bonds. The highest BCUT2D eigenvalue weighted by molar-refractivity contribution is 5.87. The van der Waals surface area contributed by atoms with Gasteiger partial charge in [-0.25, -0.2) is 4.57 Å². The topological polar surface area (TPSA) is 16.8 Å². The van der Waals surface area contributed by atoms with Gasteiger partial charge in [-0.1, -0.05) is 62.3 Å². The first-order valence-electron chi connectivity index (χ1n) is 11.4. The van der Waals surface area contributed by atoms with Crippen LogP contribution in [0.25, 0.3) is 33.5 Å². The zero-order chi connectivity index (χ0) is 22.7. The number of hydrogen-bond acceptors (Lipinski definition) is 1. The molecule has 1 atom stereocenters. The van der Waals surface area contributed by atoms with Crippen LogP contribution in [-0.2, 0) is 12.5 Å². The van der Waals surface area contributed by atoms with Crippen LogP contribution in [0.3, 0.4) is 0 Å². The molecule has 2 nitrogen and oxygen atoms in total. The van der Waals surface area contributed by atoms with E-state index in [9.17, 15) is 0 Å². The van der Waals surface area contributed by atoms with Crippen LogP contribution in [0.1, 0.15) is 34.7 Å². The van der Waals surface area contributed by atoms with Gasteiger partial charge >= 0.3 is 0 Å². The number of hydrogen-bond donors (Lipinski definition) is 0. The summed E-state index contributed by atoms with van der Waals surface area (Å²) in [7, 11) is 2.01. The Morgan fingerprint density at radius 1 is 0.931 bits per heavy atom. The molecule has 0 fully saturated rings. The van der Waals surface area contributed by atoms with Crippen molar-refractivity contribution in [3.05, 3.63) is 95.9 Å². The van der Waals surface area contributed by atoms with E-state index in [0.717, 1.165) is 44.6 Å². The molecular formula is C27H25N2+. The molecule has 1 unspecified atom stereocenters. The van der Waals surface area contributed by atoms with Gasteiger partial charge in [-0.05, 0) is 40.8 Å². The maximum absolute atomic E-state index is 8.53. The second kappa shape index (κ2) is 6.38. The molecule has 0 saturated carbocycles. The van der Waals surface area contributed by atoms with Gasteiger partial charge in [0.15, 0.2) is 6.20 Å². The molecule has 0 spiro atoms. The van der Waals surface area contributed by atoms with E-state index in [1.54, 1.807) is 6.20 Å². The number of rotatable bonds is 2. The van der Waals surface area contributed by atoms with Crippen LogP contribution in [0.4, 0.5) is 0 Å². The Kier molecular flexibility index (Phi) is 3.23. The highest BCUT2D eigenvalue weighted by Gasteiger charge is 2.40. The molecule has 2 heteroatoms. The van der Waals surface area contributed by atoms with E-state index in [1.807, 2.05) is 56.6 Å². The van der Waals surface area contributed by atoms with Crippen LogP contribution in [0.2, 0.25) is 0 Å².